The van der Waals surface area contributed by atoms with Crippen molar-refractivity contribution in [2.45, 2.75) is 38.8 Å². The van der Waals surface area contributed by atoms with Crippen LogP contribution in [0, 0.1) is 0 Å². The molecule has 1 aromatic carbocycles. The number of thiazole rings is 1. The van der Waals surface area contributed by atoms with Crippen LogP contribution in [0.3, 0.4) is 0 Å². The summed E-state index contributed by atoms with van der Waals surface area (Å²) in [5.74, 6) is 0.177. The molecule has 0 bridgehead atoms. The van der Waals surface area contributed by atoms with Crippen molar-refractivity contribution in [1.82, 2.24) is 10.3 Å². The number of hydrogen-bond acceptors (Lipinski definition) is 4. The minimum Gasteiger partial charge on any atom is -0.388 e. The number of carbonyl (C=O) groups excluding carboxylic acids is 1. The summed E-state index contributed by atoms with van der Waals surface area (Å²) in [6.07, 6.45) is -0.816. The molecule has 1 amide bonds. The third-order valence-corrected chi connectivity index (χ3v) is 4.35. The van der Waals surface area contributed by atoms with Gasteiger partial charge >= 0.3 is 0 Å². The Balaban J connectivity index is 1.83. The lowest BCUT2D eigenvalue weighted by Crippen LogP contribution is -2.24. The molecule has 0 aliphatic heterocycles. The number of nitrogens with one attached hydrogen (secondary N) is 1. The number of amides is 1. The Kier molecular flexibility index (Phi) is 5.94. The van der Waals surface area contributed by atoms with Gasteiger partial charge in [-0.05, 0) is 23.6 Å². The molecule has 0 radical (unpaired) electrons. The Hall–Kier alpha value is -1.43. The number of halogens is 1. The van der Waals surface area contributed by atoms with Gasteiger partial charge in [0.25, 0.3) is 0 Å². The lowest BCUT2D eigenvalue weighted by atomic mass is 10.1. The first-order valence-corrected chi connectivity index (χ1v) is 8.36. The van der Waals surface area contributed by atoms with Crippen molar-refractivity contribution in [3.05, 3.63) is 50.9 Å². The Morgan fingerprint density at radius 1 is 1.36 bits per heavy atom. The summed E-state index contributed by atoms with van der Waals surface area (Å²) < 4.78 is 0. The molecule has 0 aliphatic carbocycles. The van der Waals surface area contributed by atoms with Crippen LogP contribution in [-0.2, 0) is 11.3 Å². The van der Waals surface area contributed by atoms with E-state index >= 15 is 0 Å². The summed E-state index contributed by atoms with van der Waals surface area (Å²) in [4.78, 5) is 16.3. The van der Waals surface area contributed by atoms with Crippen LogP contribution in [0.25, 0.3) is 0 Å². The SMILES string of the molecule is CC(C)c1csc(CNC(=O)CC(O)c2ccc(Cl)cc2)n1. The molecule has 1 heterocycles. The van der Waals surface area contributed by atoms with Crippen molar-refractivity contribution in [3.63, 3.8) is 0 Å². The monoisotopic (exact) mass is 338 g/mol. The Labute approximate surface area is 139 Å². The molecule has 4 nitrogen and oxygen atoms in total. The van der Waals surface area contributed by atoms with Crippen LogP contribution in [0.1, 0.15) is 48.6 Å². The maximum absolute atomic E-state index is 11.9. The van der Waals surface area contributed by atoms with Gasteiger partial charge in [0.15, 0.2) is 0 Å². The van der Waals surface area contributed by atoms with Gasteiger partial charge < -0.3 is 10.4 Å². The molecule has 1 atom stereocenters. The summed E-state index contributed by atoms with van der Waals surface area (Å²) in [5, 5.41) is 16.3. The molecule has 1 aromatic heterocycles. The molecule has 0 fully saturated rings. The van der Waals surface area contributed by atoms with Gasteiger partial charge in [-0.1, -0.05) is 37.6 Å². The maximum Gasteiger partial charge on any atom is 0.223 e. The summed E-state index contributed by atoms with van der Waals surface area (Å²) in [5.41, 5.74) is 1.71. The Morgan fingerprint density at radius 2 is 2.05 bits per heavy atom. The highest BCUT2D eigenvalue weighted by molar-refractivity contribution is 7.09. The first-order valence-electron chi connectivity index (χ1n) is 7.10. The first kappa shape index (κ1) is 16.9. The highest BCUT2D eigenvalue weighted by atomic mass is 35.5. The van der Waals surface area contributed by atoms with Crippen molar-refractivity contribution in [1.29, 1.82) is 0 Å². The van der Waals surface area contributed by atoms with Gasteiger partial charge in [0.1, 0.15) is 5.01 Å². The van der Waals surface area contributed by atoms with E-state index in [1.165, 1.54) is 11.3 Å². The molecule has 2 N–H and O–H groups in total. The first-order chi connectivity index (χ1) is 10.5. The number of aromatic nitrogens is 1. The largest absolute Gasteiger partial charge is 0.388 e. The van der Waals surface area contributed by atoms with Crippen LogP contribution in [-0.4, -0.2) is 16.0 Å². The average Bonchev–Trinajstić information content (AvgIpc) is 2.95. The summed E-state index contributed by atoms with van der Waals surface area (Å²) in [6, 6.07) is 6.83. The quantitative estimate of drug-likeness (QED) is 0.845. The van der Waals surface area contributed by atoms with E-state index in [1.54, 1.807) is 24.3 Å². The Bertz CT molecular complexity index is 625. The highest BCUT2D eigenvalue weighted by Gasteiger charge is 2.13. The predicted molar refractivity (Wildman–Crippen MR) is 89.1 cm³/mol. The third-order valence-electron chi connectivity index (χ3n) is 3.23. The average molecular weight is 339 g/mol. The molecule has 0 saturated heterocycles. The zero-order chi connectivity index (χ0) is 16.1. The van der Waals surface area contributed by atoms with Crippen LogP contribution in [0.2, 0.25) is 5.02 Å². The van der Waals surface area contributed by atoms with Crippen LogP contribution in [0.15, 0.2) is 29.6 Å². The van der Waals surface area contributed by atoms with E-state index in [-0.39, 0.29) is 12.3 Å². The summed E-state index contributed by atoms with van der Waals surface area (Å²) >= 11 is 7.33. The van der Waals surface area contributed by atoms with E-state index in [9.17, 15) is 9.90 Å². The molecule has 6 heteroatoms. The van der Waals surface area contributed by atoms with Gasteiger partial charge in [-0.3, -0.25) is 4.79 Å². The summed E-state index contributed by atoms with van der Waals surface area (Å²) in [7, 11) is 0. The predicted octanol–water partition coefficient (Wildman–Crippen LogP) is 3.66. The molecular weight excluding hydrogens is 320 g/mol. The Morgan fingerprint density at radius 3 is 2.64 bits per heavy atom. The van der Waals surface area contributed by atoms with Crippen molar-refractivity contribution < 1.29 is 9.90 Å². The number of aliphatic hydroxyl groups is 1. The number of hydrogen-bond donors (Lipinski definition) is 2. The number of benzene rings is 1. The molecule has 0 spiro atoms. The minimum absolute atomic E-state index is 0.0179. The number of rotatable bonds is 6. The molecular formula is C16H19ClN2O2S. The second kappa shape index (κ2) is 7.72. The number of nitrogens with zero attached hydrogens (tertiary/aromatic N) is 1. The summed E-state index contributed by atoms with van der Waals surface area (Å²) in [6.45, 7) is 4.56. The minimum atomic E-state index is -0.834. The normalized spacial score (nSPS) is 12.4. The third kappa shape index (κ3) is 4.80. The van der Waals surface area contributed by atoms with Gasteiger partial charge in [0.05, 0.1) is 24.8 Å². The standard InChI is InChI=1S/C16H19ClN2O2S/c1-10(2)13-9-22-16(19-13)8-18-15(21)7-14(20)11-3-5-12(17)6-4-11/h3-6,9-10,14,20H,7-8H2,1-2H3,(H,18,21). The van der Waals surface area contributed by atoms with Crippen LogP contribution < -0.4 is 5.32 Å². The zero-order valence-electron chi connectivity index (χ0n) is 12.5. The maximum atomic E-state index is 11.9. The lowest BCUT2D eigenvalue weighted by Gasteiger charge is -2.11. The van der Waals surface area contributed by atoms with Crippen molar-refractivity contribution in [2.24, 2.45) is 0 Å². The van der Waals surface area contributed by atoms with E-state index in [0.717, 1.165) is 10.7 Å². The van der Waals surface area contributed by atoms with Gasteiger partial charge in [-0.25, -0.2) is 4.98 Å². The van der Waals surface area contributed by atoms with Crippen LogP contribution >= 0.6 is 22.9 Å². The van der Waals surface area contributed by atoms with Crippen LogP contribution in [0.4, 0.5) is 0 Å². The zero-order valence-corrected chi connectivity index (χ0v) is 14.1. The number of carbonyl (C=O) groups is 1. The topological polar surface area (TPSA) is 62.2 Å². The van der Waals surface area contributed by atoms with Crippen molar-refractivity contribution in [3.8, 4) is 0 Å². The highest BCUT2D eigenvalue weighted by Crippen LogP contribution is 2.20. The van der Waals surface area contributed by atoms with Gasteiger partial charge in [-0.15, -0.1) is 11.3 Å². The molecule has 0 aliphatic rings. The van der Waals surface area contributed by atoms with E-state index in [0.29, 0.717) is 23.0 Å². The van der Waals surface area contributed by atoms with Gasteiger partial charge in [0.2, 0.25) is 5.91 Å². The fourth-order valence-corrected chi connectivity index (χ4v) is 2.92. The van der Waals surface area contributed by atoms with Crippen molar-refractivity contribution >= 4 is 28.8 Å². The van der Waals surface area contributed by atoms with E-state index in [2.05, 4.69) is 24.1 Å². The lowest BCUT2D eigenvalue weighted by molar-refractivity contribution is -0.123. The van der Waals surface area contributed by atoms with Crippen molar-refractivity contribution in [2.75, 3.05) is 0 Å². The van der Waals surface area contributed by atoms with Gasteiger partial charge in [-0.2, -0.15) is 0 Å². The fourth-order valence-electron chi connectivity index (χ4n) is 1.90. The van der Waals surface area contributed by atoms with Gasteiger partial charge in [0, 0.05) is 10.4 Å². The van der Waals surface area contributed by atoms with Crippen LogP contribution in [0.5, 0.6) is 0 Å². The molecule has 118 valence electrons. The second-order valence-electron chi connectivity index (χ2n) is 5.37. The second-order valence-corrected chi connectivity index (χ2v) is 6.75. The van der Waals surface area contributed by atoms with E-state index < -0.39 is 6.10 Å². The molecule has 1 unspecified atom stereocenters. The molecule has 2 rings (SSSR count). The van der Waals surface area contributed by atoms with E-state index in [1.807, 2.05) is 5.38 Å². The molecule has 22 heavy (non-hydrogen) atoms. The molecule has 0 saturated carbocycles. The molecule has 2 aromatic rings. The number of aliphatic hydroxyl groups excluding tert-OH is 1. The fraction of sp³-hybridized carbons (Fsp3) is 0.375. The van der Waals surface area contributed by atoms with E-state index in [4.69, 9.17) is 11.6 Å². The smallest absolute Gasteiger partial charge is 0.223 e.